The average Bonchev–Trinajstić information content (AvgIpc) is 2.62. The van der Waals surface area contributed by atoms with E-state index >= 15 is 0 Å². The third-order valence-corrected chi connectivity index (χ3v) is 3.10. The zero-order valence-electron chi connectivity index (χ0n) is 7.26. The Hall–Kier alpha value is -0.540. The number of hydrogen-bond acceptors (Lipinski definition) is 2. The van der Waals surface area contributed by atoms with Crippen molar-refractivity contribution in [3.63, 3.8) is 0 Å². The van der Waals surface area contributed by atoms with Gasteiger partial charge in [0.05, 0.1) is 4.47 Å². The highest BCUT2D eigenvalue weighted by Crippen LogP contribution is 2.30. The summed E-state index contributed by atoms with van der Waals surface area (Å²) in [7, 11) is 0. The minimum atomic E-state index is 0.325. The molecule has 1 aliphatic heterocycles. The van der Waals surface area contributed by atoms with Gasteiger partial charge in [0.1, 0.15) is 5.75 Å². The molecule has 0 aromatic heterocycles. The van der Waals surface area contributed by atoms with Crippen LogP contribution < -0.4 is 5.32 Å². The van der Waals surface area contributed by atoms with E-state index in [2.05, 4.69) is 21.2 Å². The minimum Gasteiger partial charge on any atom is -0.507 e. The van der Waals surface area contributed by atoms with Gasteiger partial charge in [-0.1, -0.05) is 6.07 Å². The quantitative estimate of drug-likeness (QED) is 0.793. The molecule has 1 aromatic rings. The Morgan fingerprint density at radius 3 is 2.92 bits per heavy atom. The van der Waals surface area contributed by atoms with Crippen LogP contribution in [0.4, 0.5) is 0 Å². The lowest BCUT2D eigenvalue weighted by molar-refractivity contribution is 0.469. The summed E-state index contributed by atoms with van der Waals surface area (Å²) < 4.78 is 0.759. The van der Waals surface area contributed by atoms with E-state index in [4.69, 9.17) is 0 Å². The zero-order valence-corrected chi connectivity index (χ0v) is 8.84. The number of rotatable bonds is 1. The summed E-state index contributed by atoms with van der Waals surface area (Å²) in [6.07, 6.45) is 2.39. The fraction of sp³-hybridized carbons (Fsp3) is 0.400. The predicted octanol–water partition coefficient (Wildman–Crippen LogP) is 2.58. The second-order valence-corrected chi connectivity index (χ2v) is 4.21. The minimum absolute atomic E-state index is 0.325. The molecule has 2 rings (SSSR count). The molecule has 1 aliphatic rings. The van der Waals surface area contributed by atoms with Gasteiger partial charge in [-0.15, -0.1) is 0 Å². The molecule has 2 nitrogen and oxygen atoms in total. The van der Waals surface area contributed by atoms with Gasteiger partial charge in [-0.2, -0.15) is 0 Å². The van der Waals surface area contributed by atoms with Crippen LogP contribution in [0.1, 0.15) is 24.4 Å². The van der Waals surface area contributed by atoms with Crippen molar-refractivity contribution >= 4 is 15.9 Å². The number of phenols is 1. The van der Waals surface area contributed by atoms with Crippen molar-refractivity contribution in [1.82, 2.24) is 5.32 Å². The zero-order chi connectivity index (χ0) is 9.26. The van der Waals surface area contributed by atoms with Crippen LogP contribution in [0.25, 0.3) is 0 Å². The summed E-state index contributed by atoms with van der Waals surface area (Å²) in [6, 6.07) is 6.20. The Bertz CT molecular complexity index is 308. The van der Waals surface area contributed by atoms with Gasteiger partial charge in [-0.3, -0.25) is 0 Å². The Balaban J connectivity index is 2.25. The van der Waals surface area contributed by atoms with E-state index in [0.29, 0.717) is 11.8 Å². The highest BCUT2D eigenvalue weighted by molar-refractivity contribution is 9.10. The third kappa shape index (κ3) is 1.86. The monoisotopic (exact) mass is 241 g/mol. The standard InChI is InChI=1S/C10H12BrNO/c11-8-4-3-7(6-10(8)13)9-2-1-5-12-9/h3-4,6,9,12-13H,1-2,5H2/t9-/m1/s1. The molecule has 13 heavy (non-hydrogen) atoms. The van der Waals surface area contributed by atoms with E-state index in [1.165, 1.54) is 18.4 Å². The molecular weight excluding hydrogens is 230 g/mol. The highest BCUT2D eigenvalue weighted by Gasteiger charge is 2.16. The van der Waals surface area contributed by atoms with Gasteiger partial charge in [0, 0.05) is 6.04 Å². The summed E-state index contributed by atoms with van der Waals surface area (Å²) in [5.41, 5.74) is 1.18. The van der Waals surface area contributed by atoms with Crippen LogP contribution in [0.2, 0.25) is 0 Å². The van der Waals surface area contributed by atoms with E-state index in [1.54, 1.807) is 0 Å². The first-order valence-corrected chi connectivity index (χ1v) is 5.28. The number of nitrogens with one attached hydrogen (secondary N) is 1. The first-order chi connectivity index (χ1) is 6.27. The third-order valence-electron chi connectivity index (χ3n) is 2.43. The van der Waals surface area contributed by atoms with Crippen LogP contribution >= 0.6 is 15.9 Å². The van der Waals surface area contributed by atoms with Crippen molar-refractivity contribution in [3.05, 3.63) is 28.2 Å². The van der Waals surface area contributed by atoms with E-state index < -0.39 is 0 Å². The van der Waals surface area contributed by atoms with E-state index in [0.717, 1.165) is 11.0 Å². The van der Waals surface area contributed by atoms with Gasteiger partial charge in [0.25, 0.3) is 0 Å². The van der Waals surface area contributed by atoms with Gasteiger partial charge in [0.15, 0.2) is 0 Å². The van der Waals surface area contributed by atoms with Crippen molar-refractivity contribution in [3.8, 4) is 5.75 Å². The van der Waals surface area contributed by atoms with Crippen molar-refractivity contribution in [2.45, 2.75) is 18.9 Å². The molecule has 2 N–H and O–H groups in total. The van der Waals surface area contributed by atoms with Crippen LogP contribution in [-0.4, -0.2) is 11.7 Å². The van der Waals surface area contributed by atoms with E-state index in [9.17, 15) is 5.11 Å². The number of aromatic hydroxyl groups is 1. The molecule has 0 aliphatic carbocycles. The number of phenolic OH excluding ortho intramolecular Hbond substituents is 1. The first kappa shape index (κ1) is 9.03. The normalized spacial score (nSPS) is 22.1. The molecule has 3 heteroatoms. The Kier molecular flexibility index (Phi) is 2.56. The predicted molar refractivity (Wildman–Crippen MR) is 55.8 cm³/mol. The smallest absolute Gasteiger partial charge is 0.130 e. The van der Waals surface area contributed by atoms with Gasteiger partial charge in [0.2, 0.25) is 0 Å². The maximum atomic E-state index is 9.49. The van der Waals surface area contributed by atoms with Gasteiger partial charge in [-0.25, -0.2) is 0 Å². The molecule has 1 heterocycles. The van der Waals surface area contributed by atoms with Crippen LogP contribution in [-0.2, 0) is 0 Å². The Morgan fingerprint density at radius 1 is 1.46 bits per heavy atom. The van der Waals surface area contributed by atoms with Gasteiger partial charge < -0.3 is 10.4 Å². The molecule has 0 unspecified atom stereocenters. The van der Waals surface area contributed by atoms with Gasteiger partial charge in [-0.05, 0) is 53.0 Å². The van der Waals surface area contributed by atoms with Crippen molar-refractivity contribution in [2.75, 3.05) is 6.54 Å². The molecule has 1 saturated heterocycles. The van der Waals surface area contributed by atoms with Crippen LogP contribution in [0.15, 0.2) is 22.7 Å². The molecule has 1 fully saturated rings. The van der Waals surface area contributed by atoms with E-state index in [-0.39, 0.29) is 0 Å². The van der Waals surface area contributed by atoms with Crippen molar-refractivity contribution < 1.29 is 5.11 Å². The molecule has 1 aromatic carbocycles. The maximum absolute atomic E-state index is 9.49. The Morgan fingerprint density at radius 2 is 2.31 bits per heavy atom. The topological polar surface area (TPSA) is 32.3 Å². The highest BCUT2D eigenvalue weighted by atomic mass is 79.9. The van der Waals surface area contributed by atoms with Gasteiger partial charge >= 0.3 is 0 Å². The lowest BCUT2D eigenvalue weighted by atomic mass is 10.1. The lowest BCUT2D eigenvalue weighted by Crippen LogP contribution is -2.12. The molecule has 0 radical (unpaired) electrons. The SMILES string of the molecule is Oc1cc([C@H]2CCCN2)ccc1Br. The molecule has 0 saturated carbocycles. The van der Waals surface area contributed by atoms with Crippen LogP contribution in [0, 0.1) is 0 Å². The summed E-state index contributed by atoms with van der Waals surface area (Å²) in [6.45, 7) is 1.08. The molecule has 1 atom stereocenters. The summed E-state index contributed by atoms with van der Waals surface area (Å²) in [4.78, 5) is 0. The second-order valence-electron chi connectivity index (χ2n) is 3.36. The summed E-state index contributed by atoms with van der Waals surface area (Å²) >= 11 is 3.27. The summed E-state index contributed by atoms with van der Waals surface area (Å²) in [5.74, 6) is 0.325. The average molecular weight is 242 g/mol. The van der Waals surface area contributed by atoms with Crippen molar-refractivity contribution in [1.29, 1.82) is 0 Å². The fourth-order valence-corrected chi connectivity index (χ4v) is 1.96. The second kappa shape index (κ2) is 3.68. The number of halogens is 1. The van der Waals surface area contributed by atoms with Crippen LogP contribution in [0.3, 0.4) is 0 Å². The largest absolute Gasteiger partial charge is 0.507 e. The summed E-state index contributed by atoms with van der Waals surface area (Å²) in [5, 5.41) is 12.9. The first-order valence-electron chi connectivity index (χ1n) is 4.49. The molecule has 0 bridgehead atoms. The molecular formula is C10H12BrNO. The number of benzene rings is 1. The Labute approximate surface area is 86.1 Å². The van der Waals surface area contributed by atoms with E-state index in [1.807, 2.05) is 18.2 Å². The molecule has 0 spiro atoms. The number of hydrogen-bond donors (Lipinski definition) is 2. The molecule has 70 valence electrons. The lowest BCUT2D eigenvalue weighted by Gasteiger charge is -2.10. The van der Waals surface area contributed by atoms with Crippen molar-refractivity contribution in [2.24, 2.45) is 0 Å². The fourth-order valence-electron chi connectivity index (χ4n) is 1.72. The van der Waals surface area contributed by atoms with Crippen LogP contribution in [0.5, 0.6) is 5.75 Å². The molecule has 0 amide bonds. The maximum Gasteiger partial charge on any atom is 0.130 e.